The third-order valence-electron chi connectivity index (χ3n) is 4.56. The summed E-state index contributed by atoms with van der Waals surface area (Å²) in [4.78, 5) is 9.75. The quantitative estimate of drug-likeness (QED) is 0.224. The molecular formula is C19H42IN5. The minimum atomic E-state index is 0. The second-order valence-corrected chi connectivity index (χ2v) is 7.43. The van der Waals surface area contributed by atoms with Crippen LogP contribution in [0.5, 0.6) is 0 Å². The van der Waals surface area contributed by atoms with E-state index in [9.17, 15) is 0 Å². The Morgan fingerprint density at radius 2 is 1.84 bits per heavy atom. The van der Waals surface area contributed by atoms with Gasteiger partial charge in [-0.15, -0.1) is 24.0 Å². The van der Waals surface area contributed by atoms with E-state index in [1.807, 2.05) is 0 Å². The second kappa shape index (κ2) is 16.1. The Morgan fingerprint density at radius 3 is 2.56 bits per heavy atom. The third kappa shape index (κ3) is 13.7. The number of guanidine groups is 1. The molecule has 25 heavy (non-hydrogen) atoms. The van der Waals surface area contributed by atoms with Gasteiger partial charge in [-0.2, -0.15) is 0 Å². The lowest BCUT2D eigenvalue weighted by molar-refractivity contribution is 0.275. The summed E-state index contributed by atoms with van der Waals surface area (Å²) in [7, 11) is 2.23. The topological polar surface area (TPSA) is 42.9 Å². The van der Waals surface area contributed by atoms with Crippen molar-refractivity contribution < 1.29 is 0 Å². The summed E-state index contributed by atoms with van der Waals surface area (Å²) in [5, 5.41) is 6.82. The maximum atomic E-state index is 4.73. The molecule has 0 atom stereocenters. The highest BCUT2D eigenvalue weighted by Crippen LogP contribution is 2.05. The molecule has 1 heterocycles. The molecule has 1 fully saturated rings. The van der Waals surface area contributed by atoms with Crippen molar-refractivity contribution in [1.82, 2.24) is 20.4 Å². The highest BCUT2D eigenvalue weighted by atomic mass is 127. The van der Waals surface area contributed by atoms with E-state index in [-0.39, 0.29) is 24.0 Å². The first kappa shape index (κ1) is 24.9. The van der Waals surface area contributed by atoms with Crippen LogP contribution in [0, 0.1) is 5.92 Å². The lowest BCUT2D eigenvalue weighted by atomic mass is 10.1. The van der Waals surface area contributed by atoms with E-state index in [4.69, 9.17) is 4.99 Å². The fourth-order valence-corrected chi connectivity index (χ4v) is 3.03. The first-order chi connectivity index (χ1) is 11.6. The normalized spacial score (nSPS) is 17.2. The molecule has 0 aliphatic carbocycles. The highest BCUT2D eigenvalue weighted by Gasteiger charge is 2.11. The Labute approximate surface area is 173 Å². The molecular weight excluding hydrogens is 425 g/mol. The van der Waals surface area contributed by atoms with Gasteiger partial charge in [-0.05, 0) is 58.8 Å². The Balaban J connectivity index is 0.00000576. The predicted molar refractivity (Wildman–Crippen MR) is 121 cm³/mol. The van der Waals surface area contributed by atoms with Gasteiger partial charge >= 0.3 is 0 Å². The SMILES string of the molecule is CCNC(=NCCCN1CCCN(C)CC1)NCCCCC(C)C.I. The predicted octanol–water partition coefficient (Wildman–Crippen LogP) is 3.01. The van der Waals surface area contributed by atoms with Gasteiger partial charge in [0.25, 0.3) is 0 Å². The van der Waals surface area contributed by atoms with Crippen molar-refractivity contribution in [2.24, 2.45) is 10.9 Å². The summed E-state index contributed by atoms with van der Waals surface area (Å²) in [6, 6.07) is 0. The number of hydrogen-bond acceptors (Lipinski definition) is 3. The van der Waals surface area contributed by atoms with Crippen molar-refractivity contribution in [1.29, 1.82) is 0 Å². The monoisotopic (exact) mass is 467 g/mol. The zero-order valence-corrected chi connectivity index (χ0v) is 19.3. The number of nitrogens with one attached hydrogen (secondary N) is 2. The average molecular weight is 467 g/mol. The molecule has 0 aromatic heterocycles. The van der Waals surface area contributed by atoms with Gasteiger partial charge in [0.1, 0.15) is 0 Å². The number of aliphatic imine (C=N–C) groups is 1. The van der Waals surface area contributed by atoms with Crippen LogP contribution in [0.2, 0.25) is 0 Å². The minimum absolute atomic E-state index is 0. The van der Waals surface area contributed by atoms with Crippen molar-refractivity contribution >= 4 is 29.9 Å². The van der Waals surface area contributed by atoms with E-state index in [0.717, 1.165) is 37.9 Å². The highest BCUT2D eigenvalue weighted by molar-refractivity contribution is 14.0. The van der Waals surface area contributed by atoms with Gasteiger partial charge in [-0.1, -0.05) is 26.7 Å². The number of likely N-dealkylation sites (N-methyl/N-ethyl adjacent to an activating group) is 1. The molecule has 1 saturated heterocycles. The molecule has 0 bridgehead atoms. The van der Waals surface area contributed by atoms with E-state index in [1.54, 1.807) is 0 Å². The molecule has 0 amide bonds. The molecule has 1 rings (SSSR count). The minimum Gasteiger partial charge on any atom is -0.357 e. The van der Waals surface area contributed by atoms with Gasteiger partial charge in [-0.3, -0.25) is 4.99 Å². The van der Waals surface area contributed by atoms with E-state index >= 15 is 0 Å². The Kier molecular flexibility index (Phi) is 16.1. The molecule has 0 aromatic carbocycles. The molecule has 0 radical (unpaired) electrons. The first-order valence-electron chi connectivity index (χ1n) is 10.0. The summed E-state index contributed by atoms with van der Waals surface area (Å²) in [6.45, 7) is 15.6. The molecule has 0 spiro atoms. The molecule has 1 aliphatic heterocycles. The van der Waals surface area contributed by atoms with Gasteiger partial charge in [0.05, 0.1) is 0 Å². The lowest BCUT2D eigenvalue weighted by Gasteiger charge is -2.19. The van der Waals surface area contributed by atoms with Crippen LogP contribution in [0.25, 0.3) is 0 Å². The average Bonchev–Trinajstić information content (AvgIpc) is 2.75. The number of nitrogens with zero attached hydrogens (tertiary/aromatic N) is 3. The summed E-state index contributed by atoms with van der Waals surface area (Å²) >= 11 is 0. The van der Waals surface area contributed by atoms with Crippen LogP contribution in [-0.2, 0) is 0 Å². The Morgan fingerprint density at radius 1 is 1.04 bits per heavy atom. The molecule has 5 nitrogen and oxygen atoms in total. The molecule has 0 aromatic rings. The zero-order valence-electron chi connectivity index (χ0n) is 17.0. The fraction of sp³-hybridized carbons (Fsp3) is 0.947. The number of halogens is 1. The summed E-state index contributed by atoms with van der Waals surface area (Å²) in [5.74, 6) is 1.79. The van der Waals surface area contributed by atoms with Crippen molar-refractivity contribution in [3.05, 3.63) is 0 Å². The maximum Gasteiger partial charge on any atom is 0.191 e. The number of hydrogen-bond donors (Lipinski definition) is 2. The standard InChI is InChI=1S/C19H41N5.HI/c1-5-20-19(21-11-7-6-10-18(2)3)22-12-8-14-24-15-9-13-23(4)16-17-24;/h18H,5-17H2,1-4H3,(H2,20,21,22);1H. The zero-order chi connectivity index (χ0) is 17.6. The lowest BCUT2D eigenvalue weighted by Crippen LogP contribution is -2.38. The van der Waals surface area contributed by atoms with Gasteiger partial charge in [0, 0.05) is 32.7 Å². The van der Waals surface area contributed by atoms with Crippen molar-refractivity contribution in [3.63, 3.8) is 0 Å². The van der Waals surface area contributed by atoms with Crippen LogP contribution in [-0.4, -0.2) is 75.2 Å². The number of rotatable bonds is 10. The molecule has 6 heteroatoms. The van der Waals surface area contributed by atoms with Crippen LogP contribution in [0.4, 0.5) is 0 Å². The Hall–Kier alpha value is -0.0800. The molecule has 2 N–H and O–H groups in total. The smallest absolute Gasteiger partial charge is 0.191 e. The molecule has 1 aliphatic rings. The van der Waals surface area contributed by atoms with E-state index in [1.165, 1.54) is 58.4 Å². The van der Waals surface area contributed by atoms with Gasteiger partial charge in [0.15, 0.2) is 5.96 Å². The molecule has 150 valence electrons. The number of unbranched alkanes of at least 4 members (excludes halogenated alkanes) is 1. The van der Waals surface area contributed by atoms with Gasteiger partial charge in [0.2, 0.25) is 0 Å². The van der Waals surface area contributed by atoms with Gasteiger partial charge < -0.3 is 20.4 Å². The summed E-state index contributed by atoms with van der Waals surface area (Å²) in [5.41, 5.74) is 0. The maximum absolute atomic E-state index is 4.73. The molecule has 0 unspecified atom stereocenters. The van der Waals surface area contributed by atoms with Crippen LogP contribution < -0.4 is 10.6 Å². The van der Waals surface area contributed by atoms with Crippen molar-refractivity contribution in [3.8, 4) is 0 Å². The first-order valence-corrected chi connectivity index (χ1v) is 10.0. The van der Waals surface area contributed by atoms with Gasteiger partial charge in [-0.25, -0.2) is 0 Å². The van der Waals surface area contributed by atoms with E-state index in [2.05, 4.69) is 48.3 Å². The fourth-order valence-electron chi connectivity index (χ4n) is 3.03. The van der Waals surface area contributed by atoms with Crippen LogP contribution in [0.3, 0.4) is 0 Å². The molecule has 0 saturated carbocycles. The van der Waals surface area contributed by atoms with Crippen molar-refractivity contribution in [2.75, 3.05) is 59.4 Å². The second-order valence-electron chi connectivity index (χ2n) is 7.43. The van der Waals surface area contributed by atoms with E-state index in [0.29, 0.717) is 0 Å². The Bertz CT molecular complexity index is 336. The van der Waals surface area contributed by atoms with Crippen molar-refractivity contribution in [2.45, 2.75) is 52.9 Å². The largest absolute Gasteiger partial charge is 0.357 e. The summed E-state index contributed by atoms with van der Waals surface area (Å²) < 4.78 is 0. The van der Waals surface area contributed by atoms with E-state index < -0.39 is 0 Å². The van der Waals surface area contributed by atoms with Crippen LogP contribution in [0.15, 0.2) is 4.99 Å². The van der Waals surface area contributed by atoms with Crippen LogP contribution >= 0.6 is 24.0 Å². The summed E-state index contributed by atoms with van der Waals surface area (Å²) in [6.07, 6.45) is 6.28. The third-order valence-corrected chi connectivity index (χ3v) is 4.56. The van der Waals surface area contributed by atoms with Crippen LogP contribution in [0.1, 0.15) is 52.9 Å².